The summed E-state index contributed by atoms with van der Waals surface area (Å²) in [6.45, 7) is 4.02. The highest BCUT2D eigenvalue weighted by Gasteiger charge is 2.15. The summed E-state index contributed by atoms with van der Waals surface area (Å²) < 4.78 is 18.6. The van der Waals surface area contributed by atoms with E-state index in [0.717, 1.165) is 16.7 Å². The molecule has 3 aromatic carbocycles. The average molecular weight is 419 g/mol. The van der Waals surface area contributed by atoms with E-state index >= 15 is 0 Å². The largest absolute Gasteiger partial charge is 0.489 e. The van der Waals surface area contributed by atoms with Gasteiger partial charge >= 0.3 is 11.8 Å². The molecular weight excluding hydrogens is 397 g/mol. The molecule has 0 bridgehead atoms. The van der Waals surface area contributed by atoms with E-state index in [4.69, 9.17) is 4.74 Å². The minimum absolute atomic E-state index is 0.290. The molecule has 0 atom stereocenters. The zero-order valence-electron chi connectivity index (χ0n) is 17.2. The molecule has 2 amide bonds. The maximum atomic E-state index is 12.9. The van der Waals surface area contributed by atoms with Gasteiger partial charge in [-0.25, -0.2) is 9.82 Å². The van der Waals surface area contributed by atoms with E-state index < -0.39 is 11.8 Å². The fraction of sp³-hybridized carbons (Fsp3) is 0.125. The van der Waals surface area contributed by atoms with Gasteiger partial charge in [0, 0.05) is 5.69 Å². The minimum Gasteiger partial charge on any atom is -0.489 e. The molecule has 0 aliphatic carbocycles. The van der Waals surface area contributed by atoms with Gasteiger partial charge in [0.1, 0.15) is 18.2 Å². The van der Waals surface area contributed by atoms with E-state index in [9.17, 15) is 14.0 Å². The minimum atomic E-state index is -0.863. The number of anilines is 1. The number of carbonyl (C=O) groups excluding carboxylic acids is 2. The Hall–Kier alpha value is -4.00. The highest BCUT2D eigenvalue weighted by atomic mass is 19.1. The summed E-state index contributed by atoms with van der Waals surface area (Å²) in [7, 11) is 0. The van der Waals surface area contributed by atoms with Gasteiger partial charge in [0.25, 0.3) is 0 Å². The predicted octanol–water partition coefficient (Wildman–Crippen LogP) is 4.11. The number of para-hydroxylation sites is 1. The van der Waals surface area contributed by atoms with E-state index in [-0.39, 0.29) is 5.82 Å². The highest BCUT2D eigenvalue weighted by molar-refractivity contribution is 6.39. The Morgan fingerprint density at radius 2 is 1.58 bits per heavy atom. The summed E-state index contributed by atoms with van der Waals surface area (Å²) >= 11 is 0. The molecule has 0 saturated heterocycles. The van der Waals surface area contributed by atoms with Crippen LogP contribution in [0.1, 0.15) is 22.3 Å². The average Bonchev–Trinajstić information content (AvgIpc) is 2.76. The van der Waals surface area contributed by atoms with Crippen molar-refractivity contribution in [2.45, 2.75) is 20.5 Å². The van der Waals surface area contributed by atoms with Crippen LogP contribution < -0.4 is 15.5 Å². The Morgan fingerprint density at radius 1 is 0.935 bits per heavy atom. The van der Waals surface area contributed by atoms with Gasteiger partial charge in [-0.05, 0) is 72.5 Å². The molecule has 0 saturated carbocycles. The van der Waals surface area contributed by atoms with Crippen molar-refractivity contribution in [3.05, 3.63) is 94.8 Å². The molecule has 7 heteroatoms. The number of nitrogens with zero attached hydrogens (tertiary/aromatic N) is 1. The van der Waals surface area contributed by atoms with E-state index in [1.807, 2.05) is 32.0 Å². The number of amides is 2. The molecule has 0 radical (unpaired) electrons. The standard InChI is InChI=1S/C24H22FN3O3/c1-16-4-3-5-17(2)22(16)27-23(29)24(30)28-26-14-18-8-12-21(13-9-18)31-15-19-6-10-20(25)11-7-19/h3-14H,15H2,1-2H3,(H,27,29)(H,28,30)/b26-14+. The Labute approximate surface area is 179 Å². The van der Waals surface area contributed by atoms with Gasteiger partial charge in [-0.1, -0.05) is 30.3 Å². The van der Waals surface area contributed by atoms with Gasteiger partial charge in [0.15, 0.2) is 0 Å². The second kappa shape index (κ2) is 10.2. The number of aryl methyl sites for hydroxylation is 2. The van der Waals surface area contributed by atoms with Gasteiger partial charge in [0.2, 0.25) is 0 Å². The van der Waals surface area contributed by atoms with Crippen molar-refractivity contribution in [2.24, 2.45) is 5.10 Å². The normalized spacial score (nSPS) is 10.7. The van der Waals surface area contributed by atoms with Crippen LogP contribution in [0.15, 0.2) is 71.8 Å². The SMILES string of the molecule is Cc1cccc(C)c1NC(=O)C(=O)N/N=C/c1ccc(OCc2ccc(F)cc2)cc1. The van der Waals surface area contributed by atoms with Crippen LogP contribution in [0.5, 0.6) is 5.75 Å². The number of hydrogen-bond acceptors (Lipinski definition) is 4. The van der Waals surface area contributed by atoms with Crippen LogP contribution in [-0.2, 0) is 16.2 Å². The molecule has 31 heavy (non-hydrogen) atoms. The van der Waals surface area contributed by atoms with Crippen molar-refractivity contribution in [3.63, 3.8) is 0 Å². The first-order valence-electron chi connectivity index (χ1n) is 9.60. The Morgan fingerprint density at radius 3 is 2.23 bits per heavy atom. The summed E-state index contributed by atoms with van der Waals surface area (Å²) in [6.07, 6.45) is 1.42. The summed E-state index contributed by atoms with van der Waals surface area (Å²) in [5.74, 6) is -1.31. The maximum absolute atomic E-state index is 12.9. The van der Waals surface area contributed by atoms with Gasteiger partial charge in [-0.15, -0.1) is 0 Å². The van der Waals surface area contributed by atoms with Crippen LogP contribution in [0, 0.1) is 19.7 Å². The predicted molar refractivity (Wildman–Crippen MR) is 117 cm³/mol. The van der Waals surface area contributed by atoms with Crippen LogP contribution >= 0.6 is 0 Å². The van der Waals surface area contributed by atoms with E-state index in [0.29, 0.717) is 23.6 Å². The van der Waals surface area contributed by atoms with Crippen LogP contribution in [0.2, 0.25) is 0 Å². The summed E-state index contributed by atoms with van der Waals surface area (Å²) in [6, 6.07) is 18.7. The van der Waals surface area contributed by atoms with Crippen LogP contribution in [0.3, 0.4) is 0 Å². The molecule has 0 aliphatic rings. The summed E-state index contributed by atoms with van der Waals surface area (Å²) in [4.78, 5) is 24.1. The Balaban J connectivity index is 1.49. The molecule has 2 N–H and O–H groups in total. The third-order valence-electron chi connectivity index (χ3n) is 4.50. The molecule has 0 heterocycles. The lowest BCUT2D eigenvalue weighted by molar-refractivity contribution is -0.136. The van der Waals surface area contributed by atoms with Crippen molar-refractivity contribution in [1.29, 1.82) is 0 Å². The number of benzene rings is 3. The fourth-order valence-corrected chi connectivity index (χ4v) is 2.80. The van der Waals surface area contributed by atoms with Crippen LogP contribution in [0.4, 0.5) is 10.1 Å². The first-order valence-corrected chi connectivity index (χ1v) is 9.60. The second-order valence-electron chi connectivity index (χ2n) is 6.90. The van der Waals surface area contributed by atoms with Gasteiger partial charge in [0.05, 0.1) is 6.21 Å². The summed E-state index contributed by atoms with van der Waals surface area (Å²) in [5.41, 5.74) is 6.13. The Bertz CT molecular complexity index is 1070. The van der Waals surface area contributed by atoms with E-state index in [2.05, 4.69) is 15.8 Å². The number of ether oxygens (including phenoxy) is 1. The van der Waals surface area contributed by atoms with Crippen molar-refractivity contribution in [3.8, 4) is 5.75 Å². The van der Waals surface area contributed by atoms with Crippen molar-refractivity contribution < 1.29 is 18.7 Å². The van der Waals surface area contributed by atoms with Crippen LogP contribution in [0.25, 0.3) is 0 Å². The maximum Gasteiger partial charge on any atom is 0.329 e. The number of rotatable bonds is 6. The molecule has 0 aliphatic heterocycles. The number of nitrogens with one attached hydrogen (secondary N) is 2. The topological polar surface area (TPSA) is 79.8 Å². The monoisotopic (exact) mass is 419 g/mol. The van der Waals surface area contributed by atoms with Crippen molar-refractivity contribution in [1.82, 2.24) is 5.43 Å². The van der Waals surface area contributed by atoms with Crippen molar-refractivity contribution in [2.75, 3.05) is 5.32 Å². The number of carbonyl (C=O) groups is 2. The van der Waals surface area contributed by atoms with Gasteiger partial charge in [-0.3, -0.25) is 9.59 Å². The van der Waals surface area contributed by atoms with E-state index in [1.165, 1.54) is 18.3 Å². The molecule has 6 nitrogen and oxygen atoms in total. The van der Waals surface area contributed by atoms with Gasteiger partial charge in [-0.2, -0.15) is 5.10 Å². The molecule has 158 valence electrons. The zero-order chi connectivity index (χ0) is 22.2. The molecule has 3 aromatic rings. The third kappa shape index (κ3) is 6.24. The lowest BCUT2D eigenvalue weighted by Crippen LogP contribution is -2.32. The second-order valence-corrected chi connectivity index (χ2v) is 6.90. The van der Waals surface area contributed by atoms with Crippen molar-refractivity contribution >= 4 is 23.7 Å². The van der Waals surface area contributed by atoms with Crippen LogP contribution in [-0.4, -0.2) is 18.0 Å². The zero-order valence-corrected chi connectivity index (χ0v) is 17.2. The fourth-order valence-electron chi connectivity index (χ4n) is 2.80. The molecule has 0 fully saturated rings. The molecule has 3 rings (SSSR count). The Kier molecular flexibility index (Phi) is 7.11. The number of hydrazone groups is 1. The first-order chi connectivity index (χ1) is 14.9. The van der Waals surface area contributed by atoms with Gasteiger partial charge < -0.3 is 10.1 Å². The number of halogens is 1. The number of hydrogen-bond donors (Lipinski definition) is 2. The first kappa shape index (κ1) is 21.7. The quantitative estimate of drug-likeness (QED) is 0.359. The molecule has 0 spiro atoms. The smallest absolute Gasteiger partial charge is 0.329 e. The third-order valence-corrected chi connectivity index (χ3v) is 4.50. The highest BCUT2D eigenvalue weighted by Crippen LogP contribution is 2.19. The molecule has 0 unspecified atom stereocenters. The molecule has 0 aromatic heterocycles. The lowest BCUT2D eigenvalue weighted by Gasteiger charge is -2.10. The summed E-state index contributed by atoms with van der Waals surface area (Å²) in [5, 5.41) is 6.42. The van der Waals surface area contributed by atoms with E-state index in [1.54, 1.807) is 36.4 Å². The molecular formula is C24H22FN3O3. The lowest BCUT2D eigenvalue weighted by atomic mass is 10.1.